The maximum absolute atomic E-state index is 8.25. The van der Waals surface area contributed by atoms with Gasteiger partial charge in [-0.1, -0.05) is 0 Å². The number of hydrogen-bond donors (Lipinski definition) is 0. The molecule has 0 saturated heterocycles. The van der Waals surface area contributed by atoms with E-state index in [1.165, 1.54) is 0 Å². The fraction of sp³-hybridized carbons (Fsp3) is 0. The van der Waals surface area contributed by atoms with Gasteiger partial charge in [-0.15, -0.1) is 0 Å². The van der Waals surface area contributed by atoms with Gasteiger partial charge in [-0.25, -0.2) is 0 Å². The van der Waals surface area contributed by atoms with Crippen LogP contribution in [-0.4, -0.2) is 29.0 Å². The van der Waals surface area contributed by atoms with E-state index >= 15 is 0 Å². The first kappa shape index (κ1) is 16.3. The van der Waals surface area contributed by atoms with Crippen LogP contribution >= 0.6 is 0 Å². The Balaban J connectivity index is -0.0000000450. The molecule has 0 saturated carbocycles. The van der Waals surface area contributed by atoms with E-state index < -0.39 is 5.09 Å². The molecule has 0 atom stereocenters. The zero-order valence-electron chi connectivity index (χ0n) is 2.55. The molecule has 0 aliphatic heterocycles. The summed E-state index contributed by atoms with van der Waals surface area (Å²) in [7, 11) is 0. The van der Waals surface area contributed by atoms with Gasteiger partial charge >= 0.3 is 23.9 Å². The molecule has 6 heavy (non-hydrogen) atoms. The number of halogens is 1. The van der Waals surface area contributed by atoms with Gasteiger partial charge in [-0.05, 0) is 0 Å². The molecule has 0 spiro atoms. The first-order valence-corrected chi connectivity index (χ1v) is 0.548. The SMILES string of the molecule is O=[N+]([O-])[O-].[Cl-].[Sn+2]. The summed E-state index contributed by atoms with van der Waals surface area (Å²) in [6.45, 7) is 0. The molecule has 34 valence electrons. The van der Waals surface area contributed by atoms with E-state index in [1.807, 2.05) is 0 Å². The number of rotatable bonds is 0. The minimum absolute atomic E-state index is 0. The Morgan fingerprint density at radius 1 is 1.33 bits per heavy atom. The van der Waals surface area contributed by atoms with Crippen LogP contribution in [-0.2, 0) is 0 Å². The van der Waals surface area contributed by atoms with Crippen molar-refractivity contribution in [3.63, 3.8) is 0 Å². The zero-order valence-corrected chi connectivity index (χ0v) is 6.16. The van der Waals surface area contributed by atoms with Gasteiger partial charge in [0.25, 0.3) is 0 Å². The number of hydrogen-bond acceptors (Lipinski definition) is 3. The average molecular weight is 216 g/mol. The third kappa shape index (κ3) is 557. The topological polar surface area (TPSA) is 66.2 Å². The van der Waals surface area contributed by atoms with E-state index in [9.17, 15) is 0 Å². The van der Waals surface area contributed by atoms with E-state index in [2.05, 4.69) is 0 Å². The van der Waals surface area contributed by atoms with Crippen LogP contribution < -0.4 is 12.4 Å². The first-order valence-electron chi connectivity index (χ1n) is 0.548. The first-order chi connectivity index (χ1) is 1.73. The normalized spacial score (nSPS) is 4.00. The Bertz CT molecular complexity index is 33.8. The monoisotopic (exact) mass is 217 g/mol. The van der Waals surface area contributed by atoms with E-state index in [0.29, 0.717) is 0 Å². The molecule has 6 heteroatoms. The van der Waals surface area contributed by atoms with E-state index in [0.717, 1.165) is 0 Å². The molecule has 0 unspecified atom stereocenters. The summed E-state index contributed by atoms with van der Waals surface area (Å²) >= 11 is 0. The van der Waals surface area contributed by atoms with Crippen LogP contribution in [0.3, 0.4) is 0 Å². The molecule has 4 nitrogen and oxygen atoms in total. The minimum Gasteiger partial charge on any atom is -1.00 e. The summed E-state index contributed by atoms with van der Waals surface area (Å²) in [5.74, 6) is 0. The van der Waals surface area contributed by atoms with Crippen LogP contribution in [0.4, 0.5) is 0 Å². The molecule has 0 aromatic rings. The smallest absolute Gasteiger partial charge is 1.00 e. The molecular formula is ClNO3Sn. The summed E-state index contributed by atoms with van der Waals surface area (Å²) in [4.78, 5) is 8.25. The van der Waals surface area contributed by atoms with Crippen molar-refractivity contribution in [2.75, 3.05) is 0 Å². The van der Waals surface area contributed by atoms with Gasteiger partial charge in [-0.3, -0.25) is 0 Å². The maximum atomic E-state index is 8.25. The van der Waals surface area contributed by atoms with Gasteiger partial charge in [0.05, 0.1) is 5.09 Å². The van der Waals surface area contributed by atoms with Crippen molar-refractivity contribution < 1.29 is 17.5 Å². The van der Waals surface area contributed by atoms with Gasteiger partial charge in [0.2, 0.25) is 0 Å². The van der Waals surface area contributed by atoms with Crippen molar-refractivity contribution in [2.24, 2.45) is 0 Å². The second-order valence-corrected chi connectivity index (χ2v) is 0.224. The Labute approximate surface area is 57.0 Å². The van der Waals surface area contributed by atoms with Crippen LogP contribution in [0.15, 0.2) is 0 Å². The average Bonchev–Trinajstić information content (AvgIpc) is 0.811. The van der Waals surface area contributed by atoms with Gasteiger partial charge in [0, 0.05) is 0 Å². The fourth-order valence-corrected chi connectivity index (χ4v) is 0. The van der Waals surface area contributed by atoms with Crippen LogP contribution in [0, 0.1) is 15.3 Å². The van der Waals surface area contributed by atoms with Crippen molar-refractivity contribution >= 4 is 23.9 Å². The molecular weight excluding hydrogens is 216 g/mol. The fourth-order valence-electron chi connectivity index (χ4n) is 0. The van der Waals surface area contributed by atoms with Crippen LogP contribution in [0.1, 0.15) is 0 Å². The minimum atomic E-state index is -1.75. The standard InChI is InChI=1S/ClH.NO3.Sn/c;2-1(3)4;/h1H;;/q;-1;+2/p-1. The molecule has 0 fully saturated rings. The van der Waals surface area contributed by atoms with Crippen LogP contribution in [0.5, 0.6) is 0 Å². The molecule has 0 rings (SSSR count). The number of nitrogens with zero attached hydrogens (tertiary/aromatic N) is 1. The molecule has 0 bridgehead atoms. The molecule has 0 aliphatic rings. The molecule has 0 heterocycles. The molecule has 0 N–H and O–H groups in total. The van der Waals surface area contributed by atoms with Gasteiger partial charge < -0.3 is 27.7 Å². The predicted octanol–water partition coefficient (Wildman–Crippen LogP) is -3.62. The second-order valence-electron chi connectivity index (χ2n) is 0.224. The van der Waals surface area contributed by atoms with Crippen molar-refractivity contribution in [1.29, 1.82) is 0 Å². The van der Waals surface area contributed by atoms with Crippen LogP contribution in [0.25, 0.3) is 0 Å². The van der Waals surface area contributed by atoms with E-state index in [-0.39, 0.29) is 36.3 Å². The third-order valence-corrected chi connectivity index (χ3v) is 0. The van der Waals surface area contributed by atoms with Crippen molar-refractivity contribution in [2.45, 2.75) is 0 Å². The largest absolute Gasteiger partial charge is 2.00 e. The Hall–Kier alpha value is 0.289. The van der Waals surface area contributed by atoms with E-state index in [1.54, 1.807) is 0 Å². The van der Waals surface area contributed by atoms with Crippen molar-refractivity contribution in [1.82, 2.24) is 0 Å². The third-order valence-electron chi connectivity index (χ3n) is 0. The quantitative estimate of drug-likeness (QED) is 0.238. The van der Waals surface area contributed by atoms with Crippen molar-refractivity contribution in [3.05, 3.63) is 15.3 Å². The Kier molecular flexibility index (Phi) is 24.4. The summed E-state index contributed by atoms with van der Waals surface area (Å²) in [5, 5.41) is 14.8. The van der Waals surface area contributed by atoms with Crippen LogP contribution in [0.2, 0.25) is 0 Å². The summed E-state index contributed by atoms with van der Waals surface area (Å²) in [6, 6.07) is 0. The predicted molar refractivity (Wildman–Crippen MR) is 16.1 cm³/mol. The summed E-state index contributed by atoms with van der Waals surface area (Å²) in [6.07, 6.45) is 0. The van der Waals surface area contributed by atoms with E-state index in [4.69, 9.17) is 15.3 Å². The second kappa shape index (κ2) is 8.99. The summed E-state index contributed by atoms with van der Waals surface area (Å²) in [5.41, 5.74) is 0. The molecule has 0 amide bonds. The Morgan fingerprint density at radius 2 is 1.33 bits per heavy atom. The molecule has 0 aromatic heterocycles. The molecule has 0 aromatic carbocycles. The van der Waals surface area contributed by atoms with Gasteiger partial charge in [-0.2, -0.15) is 0 Å². The van der Waals surface area contributed by atoms with Gasteiger partial charge in [0.15, 0.2) is 0 Å². The van der Waals surface area contributed by atoms with Crippen molar-refractivity contribution in [3.8, 4) is 0 Å². The zero-order chi connectivity index (χ0) is 3.58. The molecule has 0 aliphatic carbocycles. The Morgan fingerprint density at radius 3 is 1.33 bits per heavy atom. The van der Waals surface area contributed by atoms with Gasteiger partial charge in [0.1, 0.15) is 0 Å². The molecule has 2 radical (unpaired) electrons. The summed E-state index contributed by atoms with van der Waals surface area (Å²) < 4.78 is 0. The maximum Gasteiger partial charge on any atom is 2.00 e.